The van der Waals surface area contributed by atoms with Gasteiger partial charge in [0.1, 0.15) is 0 Å². The van der Waals surface area contributed by atoms with E-state index in [2.05, 4.69) is 37.9 Å². The summed E-state index contributed by atoms with van der Waals surface area (Å²) in [5, 5.41) is 3.68. The summed E-state index contributed by atoms with van der Waals surface area (Å²) in [6.07, 6.45) is 3.66. The Balaban J connectivity index is 2.53. The van der Waals surface area contributed by atoms with Crippen molar-refractivity contribution in [1.82, 2.24) is 10.2 Å². The maximum atomic E-state index is 5.58. The van der Waals surface area contributed by atoms with Crippen molar-refractivity contribution in [2.45, 2.75) is 47.0 Å². The molecule has 0 spiro atoms. The van der Waals surface area contributed by atoms with E-state index < -0.39 is 0 Å². The van der Waals surface area contributed by atoms with Crippen LogP contribution >= 0.6 is 0 Å². The van der Waals surface area contributed by atoms with Crippen LogP contribution in [0, 0.1) is 11.3 Å². The standard InChI is InChI=1S/C16H34N2O/c1-5-9-18(6-2)14-16(7-10-19-11-8-16)13-17-12-15(3)4/h15,17H,5-14H2,1-4H3. The number of ether oxygens (including phenoxy) is 1. The molecule has 1 saturated heterocycles. The van der Waals surface area contributed by atoms with Crippen LogP contribution in [-0.2, 0) is 4.74 Å². The van der Waals surface area contributed by atoms with E-state index in [1.54, 1.807) is 0 Å². The van der Waals surface area contributed by atoms with Gasteiger partial charge in [-0.25, -0.2) is 0 Å². The molecule has 0 radical (unpaired) electrons. The number of hydrogen-bond acceptors (Lipinski definition) is 3. The number of nitrogens with one attached hydrogen (secondary N) is 1. The van der Waals surface area contributed by atoms with Crippen LogP contribution in [0.15, 0.2) is 0 Å². The van der Waals surface area contributed by atoms with Gasteiger partial charge in [0.2, 0.25) is 0 Å². The molecule has 1 heterocycles. The van der Waals surface area contributed by atoms with Crippen LogP contribution in [0.5, 0.6) is 0 Å². The van der Waals surface area contributed by atoms with Crippen molar-refractivity contribution in [1.29, 1.82) is 0 Å². The summed E-state index contributed by atoms with van der Waals surface area (Å²) < 4.78 is 5.58. The number of hydrogen-bond donors (Lipinski definition) is 1. The minimum absolute atomic E-state index is 0.429. The van der Waals surface area contributed by atoms with Gasteiger partial charge in [0, 0.05) is 26.3 Å². The lowest BCUT2D eigenvalue weighted by Gasteiger charge is -2.41. The fourth-order valence-corrected chi connectivity index (χ4v) is 2.96. The number of rotatable bonds is 9. The molecule has 1 aliphatic heterocycles. The molecule has 1 fully saturated rings. The lowest BCUT2D eigenvalue weighted by Crippen LogP contribution is -2.48. The fourth-order valence-electron chi connectivity index (χ4n) is 2.96. The van der Waals surface area contributed by atoms with E-state index in [1.165, 1.54) is 38.9 Å². The summed E-state index contributed by atoms with van der Waals surface area (Å²) in [7, 11) is 0. The van der Waals surface area contributed by atoms with Gasteiger partial charge < -0.3 is 15.0 Å². The average Bonchev–Trinajstić information content (AvgIpc) is 2.39. The second-order valence-electron chi connectivity index (χ2n) is 6.51. The van der Waals surface area contributed by atoms with E-state index >= 15 is 0 Å². The molecule has 3 nitrogen and oxygen atoms in total. The SMILES string of the molecule is CCCN(CC)CC1(CNCC(C)C)CCOCC1. The van der Waals surface area contributed by atoms with Crippen molar-refractivity contribution < 1.29 is 4.74 Å². The summed E-state index contributed by atoms with van der Waals surface area (Å²) >= 11 is 0. The summed E-state index contributed by atoms with van der Waals surface area (Å²) in [6, 6.07) is 0. The first-order chi connectivity index (χ1) is 9.12. The quantitative estimate of drug-likeness (QED) is 0.697. The smallest absolute Gasteiger partial charge is 0.0472 e. The van der Waals surface area contributed by atoms with Crippen molar-refractivity contribution in [3.8, 4) is 0 Å². The van der Waals surface area contributed by atoms with Crippen LogP contribution in [0.1, 0.15) is 47.0 Å². The Morgan fingerprint density at radius 1 is 1.21 bits per heavy atom. The lowest BCUT2D eigenvalue weighted by molar-refractivity contribution is -0.00386. The van der Waals surface area contributed by atoms with Crippen molar-refractivity contribution in [2.24, 2.45) is 11.3 Å². The molecule has 1 N–H and O–H groups in total. The normalized spacial score (nSPS) is 19.3. The minimum atomic E-state index is 0.429. The van der Waals surface area contributed by atoms with Crippen LogP contribution in [0.4, 0.5) is 0 Å². The van der Waals surface area contributed by atoms with Crippen LogP contribution in [0.25, 0.3) is 0 Å². The Bertz CT molecular complexity index is 225. The fraction of sp³-hybridized carbons (Fsp3) is 1.00. The van der Waals surface area contributed by atoms with E-state index in [1.807, 2.05) is 0 Å². The van der Waals surface area contributed by atoms with Crippen LogP contribution < -0.4 is 5.32 Å². The summed E-state index contributed by atoms with van der Waals surface area (Å²) in [4.78, 5) is 2.61. The summed E-state index contributed by atoms with van der Waals surface area (Å²) in [5.41, 5.74) is 0.429. The molecule has 1 aliphatic rings. The molecule has 114 valence electrons. The van der Waals surface area contributed by atoms with E-state index in [4.69, 9.17) is 4.74 Å². The number of nitrogens with zero attached hydrogens (tertiary/aromatic N) is 1. The van der Waals surface area contributed by atoms with Gasteiger partial charge in [-0.3, -0.25) is 0 Å². The Kier molecular flexibility index (Phi) is 7.96. The average molecular weight is 270 g/mol. The maximum absolute atomic E-state index is 5.58. The highest BCUT2D eigenvalue weighted by atomic mass is 16.5. The monoisotopic (exact) mass is 270 g/mol. The van der Waals surface area contributed by atoms with Crippen molar-refractivity contribution in [3.05, 3.63) is 0 Å². The molecular formula is C16H34N2O. The first-order valence-corrected chi connectivity index (χ1v) is 8.12. The highest BCUT2D eigenvalue weighted by molar-refractivity contribution is 4.87. The second kappa shape index (κ2) is 8.93. The molecule has 19 heavy (non-hydrogen) atoms. The summed E-state index contributed by atoms with van der Waals surface area (Å²) in [5.74, 6) is 0.731. The molecule has 0 saturated carbocycles. The highest BCUT2D eigenvalue weighted by Crippen LogP contribution is 2.31. The molecule has 0 unspecified atom stereocenters. The first-order valence-electron chi connectivity index (χ1n) is 8.12. The molecule has 3 heteroatoms. The van der Waals surface area contributed by atoms with E-state index in [0.29, 0.717) is 5.41 Å². The Morgan fingerprint density at radius 3 is 2.42 bits per heavy atom. The third kappa shape index (κ3) is 6.24. The maximum Gasteiger partial charge on any atom is 0.0472 e. The zero-order valence-electron chi connectivity index (χ0n) is 13.5. The van der Waals surface area contributed by atoms with E-state index in [0.717, 1.165) is 32.2 Å². The van der Waals surface area contributed by atoms with Gasteiger partial charge in [-0.05, 0) is 50.2 Å². The molecule has 0 amide bonds. The van der Waals surface area contributed by atoms with Gasteiger partial charge in [-0.1, -0.05) is 27.7 Å². The molecule has 0 bridgehead atoms. The Morgan fingerprint density at radius 2 is 1.89 bits per heavy atom. The predicted molar refractivity (Wildman–Crippen MR) is 82.6 cm³/mol. The third-order valence-corrected chi connectivity index (χ3v) is 4.15. The third-order valence-electron chi connectivity index (χ3n) is 4.15. The van der Waals surface area contributed by atoms with Gasteiger partial charge in [0.15, 0.2) is 0 Å². The first kappa shape index (κ1) is 16.9. The largest absolute Gasteiger partial charge is 0.381 e. The van der Waals surface area contributed by atoms with Gasteiger partial charge in [0.25, 0.3) is 0 Å². The molecule has 0 aromatic carbocycles. The van der Waals surface area contributed by atoms with E-state index in [-0.39, 0.29) is 0 Å². The zero-order chi connectivity index (χ0) is 14.1. The topological polar surface area (TPSA) is 24.5 Å². The molecular weight excluding hydrogens is 236 g/mol. The molecule has 0 atom stereocenters. The van der Waals surface area contributed by atoms with Crippen LogP contribution in [-0.4, -0.2) is 50.8 Å². The van der Waals surface area contributed by atoms with Crippen molar-refractivity contribution in [2.75, 3.05) is 45.9 Å². The molecule has 0 aromatic heterocycles. The second-order valence-corrected chi connectivity index (χ2v) is 6.51. The van der Waals surface area contributed by atoms with Crippen molar-refractivity contribution in [3.63, 3.8) is 0 Å². The summed E-state index contributed by atoms with van der Waals surface area (Å²) in [6.45, 7) is 16.9. The van der Waals surface area contributed by atoms with Crippen molar-refractivity contribution >= 4 is 0 Å². The van der Waals surface area contributed by atoms with E-state index in [9.17, 15) is 0 Å². The van der Waals surface area contributed by atoms with Gasteiger partial charge in [-0.15, -0.1) is 0 Å². The zero-order valence-corrected chi connectivity index (χ0v) is 13.5. The lowest BCUT2D eigenvalue weighted by atomic mass is 9.79. The molecule has 0 aromatic rings. The highest BCUT2D eigenvalue weighted by Gasteiger charge is 2.33. The molecule has 0 aliphatic carbocycles. The Hall–Kier alpha value is -0.120. The Labute approximate surface area is 120 Å². The molecule has 1 rings (SSSR count). The predicted octanol–water partition coefficient (Wildman–Crippen LogP) is 2.76. The van der Waals surface area contributed by atoms with Gasteiger partial charge in [-0.2, -0.15) is 0 Å². The van der Waals surface area contributed by atoms with Crippen LogP contribution in [0.3, 0.4) is 0 Å². The van der Waals surface area contributed by atoms with Crippen LogP contribution in [0.2, 0.25) is 0 Å². The van der Waals surface area contributed by atoms with Gasteiger partial charge in [0.05, 0.1) is 0 Å². The van der Waals surface area contributed by atoms with Gasteiger partial charge >= 0.3 is 0 Å². The minimum Gasteiger partial charge on any atom is -0.381 e.